The lowest BCUT2D eigenvalue weighted by Crippen LogP contribution is -2.13. The molecule has 5 nitrogen and oxygen atoms in total. The maximum atomic E-state index is 10.4. The van der Waals surface area contributed by atoms with Gasteiger partial charge in [0.25, 0.3) is 0 Å². The van der Waals surface area contributed by atoms with Gasteiger partial charge in [-0.15, -0.1) is 0 Å². The number of ether oxygens (including phenoxy) is 1. The van der Waals surface area contributed by atoms with Gasteiger partial charge in [0, 0.05) is 17.3 Å². The summed E-state index contributed by atoms with van der Waals surface area (Å²) in [4.78, 5) is 4.26. The molecule has 1 fully saturated rings. The van der Waals surface area contributed by atoms with Gasteiger partial charge in [0.15, 0.2) is 0 Å². The van der Waals surface area contributed by atoms with Crippen molar-refractivity contribution >= 4 is 0 Å². The third kappa shape index (κ3) is 3.01. The number of aromatic nitrogens is 2. The number of aromatic hydroxyl groups is 2. The zero-order chi connectivity index (χ0) is 18.1. The number of phenolic OH excluding ortho intramolecular Hbond substituents is 2. The summed E-state index contributed by atoms with van der Waals surface area (Å²) >= 11 is 0. The molecule has 0 bridgehead atoms. The Labute approximate surface area is 152 Å². The molecule has 1 heterocycles. The normalized spacial score (nSPS) is 14.2. The summed E-state index contributed by atoms with van der Waals surface area (Å²) in [6.45, 7) is 0. The summed E-state index contributed by atoms with van der Waals surface area (Å²) in [5.41, 5.74) is 3.25. The van der Waals surface area contributed by atoms with Crippen LogP contribution >= 0.6 is 0 Å². The van der Waals surface area contributed by atoms with Crippen molar-refractivity contribution in [3.05, 3.63) is 54.5 Å². The standard InChI is InChI=1S/C21H22N2O3/c1-26-17-7-5-16(6-8-17)23-13-22-12-19(23)18-10-15(9-14-3-2-4-14)20(24)11-21(18)25/h5-8,10-14,24-25H,2-4,9H2,1H3. The first-order valence-electron chi connectivity index (χ1n) is 8.87. The smallest absolute Gasteiger partial charge is 0.128 e. The SMILES string of the molecule is COc1ccc(-n2cncc2-c2cc(CC3CCC3)c(O)cc2O)cc1. The molecule has 0 unspecified atom stereocenters. The van der Waals surface area contributed by atoms with Gasteiger partial charge in [0.05, 0.1) is 25.3 Å². The van der Waals surface area contributed by atoms with Crippen molar-refractivity contribution in [1.29, 1.82) is 0 Å². The van der Waals surface area contributed by atoms with Crippen molar-refractivity contribution in [2.24, 2.45) is 5.92 Å². The maximum absolute atomic E-state index is 10.4. The van der Waals surface area contributed by atoms with E-state index in [1.807, 2.05) is 34.9 Å². The fourth-order valence-corrected chi connectivity index (χ4v) is 3.44. The van der Waals surface area contributed by atoms with Crippen LogP contribution in [-0.4, -0.2) is 26.9 Å². The molecule has 0 saturated heterocycles. The van der Waals surface area contributed by atoms with Gasteiger partial charge < -0.3 is 14.9 Å². The molecule has 3 aromatic rings. The predicted molar refractivity (Wildman–Crippen MR) is 99.9 cm³/mol. The molecule has 0 atom stereocenters. The Hall–Kier alpha value is -2.95. The van der Waals surface area contributed by atoms with Crippen LogP contribution in [0, 0.1) is 5.92 Å². The van der Waals surface area contributed by atoms with Crippen LogP contribution in [-0.2, 0) is 6.42 Å². The highest BCUT2D eigenvalue weighted by atomic mass is 16.5. The molecule has 2 N–H and O–H groups in total. The van der Waals surface area contributed by atoms with Gasteiger partial charge in [-0.3, -0.25) is 4.57 Å². The van der Waals surface area contributed by atoms with Crippen LogP contribution in [0.4, 0.5) is 0 Å². The lowest BCUT2D eigenvalue weighted by Gasteiger charge is -2.26. The molecule has 2 aromatic carbocycles. The first-order valence-corrected chi connectivity index (χ1v) is 8.87. The molecule has 1 aliphatic carbocycles. The second kappa shape index (κ2) is 6.75. The van der Waals surface area contributed by atoms with Gasteiger partial charge in [-0.2, -0.15) is 0 Å². The van der Waals surface area contributed by atoms with Gasteiger partial charge in [-0.05, 0) is 48.2 Å². The van der Waals surface area contributed by atoms with Gasteiger partial charge in [-0.1, -0.05) is 19.3 Å². The van der Waals surface area contributed by atoms with E-state index in [1.165, 1.54) is 25.3 Å². The highest BCUT2D eigenvalue weighted by molar-refractivity contribution is 5.71. The van der Waals surface area contributed by atoms with Crippen LogP contribution in [0.5, 0.6) is 17.2 Å². The zero-order valence-corrected chi connectivity index (χ0v) is 14.7. The molecule has 1 saturated carbocycles. The van der Waals surface area contributed by atoms with E-state index in [0.717, 1.165) is 29.1 Å². The molecule has 0 radical (unpaired) electrons. The molecule has 0 aliphatic heterocycles. The van der Waals surface area contributed by atoms with E-state index in [0.29, 0.717) is 11.5 Å². The third-order valence-corrected chi connectivity index (χ3v) is 5.20. The summed E-state index contributed by atoms with van der Waals surface area (Å²) in [6.07, 6.45) is 7.97. The molecule has 1 aromatic heterocycles. The number of hydrogen-bond acceptors (Lipinski definition) is 4. The number of hydrogen-bond donors (Lipinski definition) is 2. The maximum Gasteiger partial charge on any atom is 0.128 e. The predicted octanol–water partition coefficient (Wildman–Crippen LogP) is 4.30. The van der Waals surface area contributed by atoms with Gasteiger partial charge >= 0.3 is 0 Å². The van der Waals surface area contributed by atoms with Crippen molar-refractivity contribution in [2.75, 3.05) is 7.11 Å². The molecule has 4 rings (SSSR count). The van der Waals surface area contributed by atoms with E-state index < -0.39 is 0 Å². The zero-order valence-electron chi connectivity index (χ0n) is 14.7. The highest BCUT2D eigenvalue weighted by Crippen LogP contribution is 2.39. The fourth-order valence-electron chi connectivity index (χ4n) is 3.44. The molecular formula is C21H22N2O3. The molecule has 0 spiro atoms. The Morgan fingerprint density at radius 3 is 2.54 bits per heavy atom. The van der Waals surface area contributed by atoms with Crippen LogP contribution in [0.3, 0.4) is 0 Å². The minimum atomic E-state index is 0.0510. The van der Waals surface area contributed by atoms with Crippen molar-refractivity contribution in [1.82, 2.24) is 9.55 Å². The number of phenols is 2. The summed E-state index contributed by atoms with van der Waals surface area (Å²) in [6, 6.07) is 11.0. The fraction of sp³-hybridized carbons (Fsp3) is 0.286. The van der Waals surface area contributed by atoms with E-state index in [2.05, 4.69) is 4.98 Å². The number of benzene rings is 2. The van der Waals surface area contributed by atoms with Crippen molar-refractivity contribution in [3.63, 3.8) is 0 Å². The Morgan fingerprint density at radius 2 is 1.88 bits per heavy atom. The van der Waals surface area contributed by atoms with Crippen molar-refractivity contribution in [3.8, 4) is 34.2 Å². The first-order chi connectivity index (χ1) is 12.7. The molecule has 26 heavy (non-hydrogen) atoms. The van der Waals surface area contributed by atoms with Crippen LogP contribution in [0.25, 0.3) is 16.9 Å². The van der Waals surface area contributed by atoms with E-state index in [9.17, 15) is 10.2 Å². The largest absolute Gasteiger partial charge is 0.508 e. The van der Waals surface area contributed by atoms with E-state index >= 15 is 0 Å². The van der Waals surface area contributed by atoms with Crippen molar-refractivity contribution < 1.29 is 14.9 Å². The second-order valence-electron chi connectivity index (χ2n) is 6.85. The average Bonchev–Trinajstić information content (AvgIpc) is 3.09. The van der Waals surface area contributed by atoms with Crippen LogP contribution in [0.15, 0.2) is 48.9 Å². The summed E-state index contributed by atoms with van der Waals surface area (Å²) in [7, 11) is 1.63. The number of rotatable bonds is 5. The summed E-state index contributed by atoms with van der Waals surface area (Å²) in [5.74, 6) is 1.62. The summed E-state index contributed by atoms with van der Waals surface area (Å²) < 4.78 is 7.13. The number of imidazole rings is 1. The molecule has 134 valence electrons. The van der Waals surface area contributed by atoms with Crippen LogP contribution in [0.1, 0.15) is 24.8 Å². The second-order valence-corrected chi connectivity index (χ2v) is 6.85. The average molecular weight is 350 g/mol. The lowest BCUT2D eigenvalue weighted by atomic mass is 9.80. The molecule has 0 amide bonds. The van der Waals surface area contributed by atoms with Crippen LogP contribution in [0.2, 0.25) is 0 Å². The van der Waals surface area contributed by atoms with Gasteiger partial charge in [-0.25, -0.2) is 4.98 Å². The molecular weight excluding hydrogens is 328 g/mol. The minimum absolute atomic E-state index is 0.0510. The summed E-state index contributed by atoms with van der Waals surface area (Å²) in [5, 5.41) is 20.7. The quantitative estimate of drug-likeness (QED) is 0.720. The van der Waals surface area contributed by atoms with E-state index in [1.54, 1.807) is 19.6 Å². The Balaban J connectivity index is 1.73. The Bertz CT molecular complexity index is 912. The minimum Gasteiger partial charge on any atom is -0.508 e. The monoisotopic (exact) mass is 350 g/mol. The lowest BCUT2D eigenvalue weighted by molar-refractivity contribution is 0.310. The highest BCUT2D eigenvalue weighted by Gasteiger charge is 2.21. The van der Waals surface area contributed by atoms with Crippen LogP contribution < -0.4 is 4.74 Å². The Morgan fingerprint density at radius 1 is 1.12 bits per heavy atom. The third-order valence-electron chi connectivity index (χ3n) is 5.20. The van der Waals surface area contributed by atoms with Gasteiger partial charge in [0.2, 0.25) is 0 Å². The Kier molecular flexibility index (Phi) is 4.29. The number of methoxy groups -OCH3 is 1. The van der Waals surface area contributed by atoms with Crippen molar-refractivity contribution in [2.45, 2.75) is 25.7 Å². The van der Waals surface area contributed by atoms with Gasteiger partial charge in [0.1, 0.15) is 17.2 Å². The number of nitrogens with zero attached hydrogens (tertiary/aromatic N) is 2. The first kappa shape index (κ1) is 16.5. The van der Waals surface area contributed by atoms with E-state index in [-0.39, 0.29) is 11.5 Å². The molecule has 1 aliphatic rings. The topological polar surface area (TPSA) is 67.5 Å². The molecule has 5 heteroatoms. The van der Waals surface area contributed by atoms with E-state index in [4.69, 9.17) is 4.74 Å².